The van der Waals surface area contributed by atoms with Crippen LogP contribution in [-0.2, 0) is 9.59 Å². The Morgan fingerprint density at radius 2 is 1.68 bits per heavy atom. The summed E-state index contributed by atoms with van der Waals surface area (Å²) in [6, 6.07) is 14.4. The molecule has 25 heavy (non-hydrogen) atoms. The normalized spacial score (nSPS) is 15.8. The third-order valence-corrected chi connectivity index (χ3v) is 4.67. The third kappa shape index (κ3) is 3.28. The van der Waals surface area contributed by atoms with Crippen molar-refractivity contribution in [1.82, 2.24) is 5.32 Å². The number of nitrogens with zero attached hydrogens (tertiary/aromatic N) is 1. The lowest BCUT2D eigenvalue weighted by Gasteiger charge is -2.19. The van der Waals surface area contributed by atoms with Crippen LogP contribution in [0.4, 0.5) is 5.69 Å². The van der Waals surface area contributed by atoms with Gasteiger partial charge in [0.15, 0.2) is 0 Å². The van der Waals surface area contributed by atoms with Crippen molar-refractivity contribution in [1.29, 1.82) is 0 Å². The molecule has 0 saturated heterocycles. The monoisotopic (exact) mass is 374 g/mol. The molecule has 1 N–H and O–H groups in total. The number of hydrogen-bond acceptors (Lipinski definition) is 3. The largest absolute Gasteiger partial charge is 0.373 e. The van der Waals surface area contributed by atoms with E-state index in [2.05, 4.69) is 5.32 Å². The Bertz CT molecular complexity index is 878. The van der Waals surface area contributed by atoms with Crippen molar-refractivity contribution in [3.8, 4) is 0 Å². The van der Waals surface area contributed by atoms with Crippen molar-refractivity contribution in [3.63, 3.8) is 0 Å². The number of rotatable bonds is 4. The van der Waals surface area contributed by atoms with Gasteiger partial charge in [-0.05, 0) is 43.2 Å². The summed E-state index contributed by atoms with van der Waals surface area (Å²) in [6.07, 6.45) is 0. The fraction of sp³-hybridized carbons (Fsp3) is 0.158. The second kappa shape index (κ2) is 6.90. The number of carbonyl (C=O) groups is 2. The number of aryl methyl sites for hydroxylation is 1. The average Bonchev–Trinajstić information content (AvgIpc) is 2.80. The molecule has 0 saturated carbocycles. The number of benzene rings is 2. The summed E-state index contributed by atoms with van der Waals surface area (Å²) in [5.41, 5.74) is 2.29. The first-order chi connectivity index (χ1) is 11.9. The highest BCUT2D eigenvalue weighted by Crippen LogP contribution is 2.32. The van der Waals surface area contributed by atoms with Crippen molar-refractivity contribution in [2.75, 3.05) is 4.90 Å². The van der Waals surface area contributed by atoms with E-state index < -0.39 is 11.8 Å². The van der Waals surface area contributed by atoms with Crippen LogP contribution in [0, 0.1) is 6.92 Å². The summed E-state index contributed by atoms with van der Waals surface area (Å²) in [6.45, 7) is 3.69. The Balaban J connectivity index is 1.89. The molecule has 2 aromatic carbocycles. The SMILES string of the molecule is Cc1cc(Cl)ccc1N1C(=O)C(Cl)=C(NC(C)c2ccccc2)C1=O. The van der Waals surface area contributed by atoms with E-state index in [0.717, 1.165) is 16.0 Å². The zero-order valence-corrected chi connectivity index (χ0v) is 15.2. The quantitative estimate of drug-likeness (QED) is 0.810. The summed E-state index contributed by atoms with van der Waals surface area (Å²) in [4.78, 5) is 26.4. The smallest absolute Gasteiger partial charge is 0.283 e. The standard InChI is InChI=1S/C19H16Cl2N2O2/c1-11-10-14(20)8-9-15(11)23-18(24)16(21)17(19(23)25)22-12(2)13-6-4-3-5-7-13/h3-10,12,22H,1-2H3. The van der Waals surface area contributed by atoms with Gasteiger partial charge in [-0.15, -0.1) is 0 Å². The second-order valence-corrected chi connectivity index (χ2v) is 6.66. The first-order valence-electron chi connectivity index (χ1n) is 7.76. The lowest BCUT2D eigenvalue weighted by Crippen LogP contribution is -2.34. The van der Waals surface area contributed by atoms with Gasteiger partial charge in [-0.2, -0.15) is 0 Å². The fourth-order valence-corrected chi connectivity index (χ4v) is 3.20. The molecule has 1 heterocycles. The molecule has 4 nitrogen and oxygen atoms in total. The number of nitrogens with one attached hydrogen (secondary N) is 1. The summed E-state index contributed by atoms with van der Waals surface area (Å²) in [7, 11) is 0. The molecule has 0 aromatic heterocycles. The molecule has 0 bridgehead atoms. The topological polar surface area (TPSA) is 49.4 Å². The van der Waals surface area contributed by atoms with E-state index in [9.17, 15) is 9.59 Å². The molecule has 1 unspecified atom stereocenters. The Morgan fingerprint density at radius 1 is 1.00 bits per heavy atom. The summed E-state index contributed by atoms with van der Waals surface area (Å²) in [5, 5.41) is 3.49. The predicted octanol–water partition coefficient (Wildman–Crippen LogP) is 4.32. The van der Waals surface area contributed by atoms with Crippen LogP contribution < -0.4 is 10.2 Å². The second-order valence-electron chi connectivity index (χ2n) is 5.84. The molecular weight excluding hydrogens is 359 g/mol. The van der Waals surface area contributed by atoms with Gasteiger partial charge in [0.25, 0.3) is 11.8 Å². The first kappa shape index (κ1) is 17.5. The van der Waals surface area contributed by atoms with E-state index >= 15 is 0 Å². The van der Waals surface area contributed by atoms with Crippen LogP contribution in [-0.4, -0.2) is 11.8 Å². The Labute approximate surface area is 156 Å². The highest BCUT2D eigenvalue weighted by molar-refractivity contribution is 6.52. The lowest BCUT2D eigenvalue weighted by molar-refractivity contribution is -0.120. The minimum Gasteiger partial charge on any atom is -0.373 e. The molecule has 1 aliphatic heterocycles. The zero-order chi connectivity index (χ0) is 18.1. The highest BCUT2D eigenvalue weighted by Gasteiger charge is 2.39. The van der Waals surface area contributed by atoms with Gasteiger partial charge < -0.3 is 5.32 Å². The van der Waals surface area contributed by atoms with Gasteiger partial charge in [-0.1, -0.05) is 53.5 Å². The van der Waals surface area contributed by atoms with Crippen LogP contribution in [0.15, 0.2) is 59.3 Å². The molecule has 0 spiro atoms. The number of hydrogen-bond donors (Lipinski definition) is 1. The molecule has 6 heteroatoms. The average molecular weight is 375 g/mol. The molecule has 0 radical (unpaired) electrons. The molecule has 2 aromatic rings. The zero-order valence-electron chi connectivity index (χ0n) is 13.7. The number of halogens is 2. The van der Waals surface area contributed by atoms with Crippen LogP contribution in [0.3, 0.4) is 0 Å². The van der Waals surface area contributed by atoms with Crippen molar-refractivity contribution in [2.24, 2.45) is 0 Å². The van der Waals surface area contributed by atoms with Crippen LogP contribution in [0.2, 0.25) is 5.02 Å². The van der Waals surface area contributed by atoms with Gasteiger partial charge >= 0.3 is 0 Å². The van der Waals surface area contributed by atoms with Gasteiger partial charge in [0.1, 0.15) is 10.7 Å². The van der Waals surface area contributed by atoms with Gasteiger partial charge in [0.05, 0.1) is 5.69 Å². The Morgan fingerprint density at radius 3 is 2.32 bits per heavy atom. The van der Waals surface area contributed by atoms with E-state index in [1.165, 1.54) is 0 Å². The molecule has 128 valence electrons. The molecule has 2 amide bonds. The molecular formula is C19H16Cl2N2O2. The molecule has 1 aliphatic rings. The van der Waals surface area contributed by atoms with E-state index in [0.29, 0.717) is 10.7 Å². The van der Waals surface area contributed by atoms with Crippen molar-refractivity contribution < 1.29 is 9.59 Å². The van der Waals surface area contributed by atoms with E-state index in [-0.39, 0.29) is 16.8 Å². The first-order valence-corrected chi connectivity index (χ1v) is 8.52. The van der Waals surface area contributed by atoms with Crippen LogP contribution in [0.25, 0.3) is 0 Å². The molecule has 0 aliphatic carbocycles. The Hall–Kier alpha value is -2.30. The van der Waals surface area contributed by atoms with Crippen molar-refractivity contribution in [3.05, 3.63) is 75.4 Å². The van der Waals surface area contributed by atoms with Gasteiger partial charge in [0.2, 0.25) is 0 Å². The maximum Gasteiger partial charge on any atom is 0.283 e. The fourth-order valence-electron chi connectivity index (χ4n) is 2.76. The number of carbonyl (C=O) groups excluding carboxylic acids is 2. The van der Waals surface area contributed by atoms with Gasteiger partial charge in [0, 0.05) is 11.1 Å². The number of imide groups is 1. The minimum atomic E-state index is -0.542. The van der Waals surface area contributed by atoms with E-state index in [1.807, 2.05) is 37.3 Å². The molecule has 1 atom stereocenters. The minimum absolute atomic E-state index is 0.109. The lowest BCUT2D eigenvalue weighted by atomic mass is 10.1. The van der Waals surface area contributed by atoms with E-state index in [4.69, 9.17) is 23.2 Å². The predicted molar refractivity (Wildman–Crippen MR) is 99.6 cm³/mol. The van der Waals surface area contributed by atoms with Gasteiger partial charge in [-0.25, -0.2) is 4.90 Å². The number of anilines is 1. The van der Waals surface area contributed by atoms with Crippen LogP contribution in [0.1, 0.15) is 24.1 Å². The van der Waals surface area contributed by atoms with Crippen LogP contribution in [0.5, 0.6) is 0 Å². The summed E-state index contributed by atoms with van der Waals surface area (Å²) < 4.78 is 0. The van der Waals surface area contributed by atoms with Gasteiger partial charge in [-0.3, -0.25) is 9.59 Å². The summed E-state index contributed by atoms with van der Waals surface area (Å²) in [5.74, 6) is -1.01. The van der Waals surface area contributed by atoms with Crippen molar-refractivity contribution >= 4 is 40.7 Å². The third-order valence-electron chi connectivity index (χ3n) is 4.09. The molecule has 0 fully saturated rings. The van der Waals surface area contributed by atoms with Crippen molar-refractivity contribution in [2.45, 2.75) is 19.9 Å². The maximum atomic E-state index is 12.8. The number of amides is 2. The van der Waals surface area contributed by atoms with E-state index in [1.54, 1.807) is 25.1 Å². The highest BCUT2D eigenvalue weighted by atomic mass is 35.5. The maximum absolute atomic E-state index is 12.8. The van der Waals surface area contributed by atoms with Crippen LogP contribution >= 0.6 is 23.2 Å². The Kier molecular flexibility index (Phi) is 4.84. The molecule has 3 rings (SSSR count). The summed E-state index contributed by atoms with van der Waals surface area (Å²) >= 11 is 12.1.